The van der Waals surface area contributed by atoms with Crippen LogP contribution in [0.2, 0.25) is 0 Å². The molecule has 1 nitrogen and oxygen atoms in total. The molecule has 3 aliphatic rings. The smallest absolute Gasteiger partial charge is 0.00981 e. The van der Waals surface area contributed by atoms with Gasteiger partial charge in [-0.2, -0.15) is 0 Å². The lowest BCUT2D eigenvalue weighted by atomic mass is 9.82. The molecule has 0 amide bonds. The molecule has 3 fully saturated rings. The van der Waals surface area contributed by atoms with Crippen LogP contribution in [0.3, 0.4) is 0 Å². The monoisotopic (exact) mass is 221 g/mol. The summed E-state index contributed by atoms with van der Waals surface area (Å²) in [6.07, 6.45) is 12.0. The molecule has 0 aromatic heterocycles. The molecule has 0 spiro atoms. The van der Waals surface area contributed by atoms with Crippen molar-refractivity contribution in [3.8, 4) is 0 Å². The molecule has 1 N–H and O–H groups in total. The summed E-state index contributed by atoms with van der Waals surface area (Å²) in [5.74, 6) is 4.13. The molecular formula is C15H27N. The lowest BCUT2D eigenvalue weighted by Crippen LogP contribution is -2.37. The molecular weight excluding hydrogens is 194 g/mol. The van der Waals surface area contributed by atoms with E-state index in [0.29, 0.717) is 0 Å². The van der Waals surface area contributed by atoms with E-state index in [9.17, 15) is 0 Å². The summed E-state index contributed by atoms with van der Waals surface area (Å²) in [4.78, 5) is 0. The van der Waals surface area contributed by atoms with Crippen LogP contribution < -0.4 is 5.32 Å². The zero-order valence-corrected chi connectivity index (χ0v) is 10.8. The molecule has 0 aliphatic heterocycles. The maximum Gasteiger partial charge on any atom is 0.00981 e. The number of rotatable bonds is 3. The van der Waals surface area contributed by atoms with E-state index in [1.165, 1.54) is 51.5 Å². The average Bonchev–Trinajstić information content (AvgIpc) is 2.90. The Bertz CT molecular complexity index is 230. The summed E-state index contributed by atoms with van der Waals surface area (Å²) < 4.78 is 0. The van der Waals surface area contributed by atoms with Crippen molar-refractivity contribution >= 4 is 0 Å². The molecule has 16 heavy (non-hydrogen) atoms. The fraction of sp³-hybridized carbons (Fsp3) is 1.00. The number of hydrogen-bond donors (Lipinski definition) is 1. The first-order chi connectivity index (χ1) is 7.81. The number of hydrogen-bond acceptors (Lipinski definition) is 1. The standard InChI is InChI=1S/C15H27N/c1-11-2-4-12(5-3-11)10-16-15-9-13-6-7-14(15)8-13/h11-16H,2-10H2,1H3. The molecule has 0 radical (unpaired) electrons. The topological polar surface area (TPSA) is 12.0 Å². The molecule has 0 saturated heterocycles. The van der Waals surface area contributed by atoms with Gasteiger partial charge in [-0.15, -0.1) is 0 Å². The largest absolute Gasteiger partial charge is 0.313 e. The van der Waals surface area contributed by atoms with Crippen molar-refractivity contribution in [1.29, 1.82) is 0 Å². The Balaban J connectivity index is 1.40. The summed E-state index contributed by atoms with van der Waals surface area (Å²) in [6, 6.07) is 0.901. The van der Waals surface area contributed by atoms with Crippen molar-refractivity contribution in [1.82, 2.24) is 5.32 Å². The Morgan fingerprint density at radius 3 is 2.38 bits per heavy atom. The van der Waals surface area contributed by atoms with E-state index < -0.39 is 0 Å². The highest BCUT2D eigenvalue weighted by Crippen LogP contribution is 2.44. The van der Waals surface area contributed by atoms with Gasteiger partial charge >= 0.3 is 0 Å². The van der Waals surface area contributed by atoms with Gasteiger partial charge in [-0.05, 0) is 62.3 Å². The van der Waals surface area contributed by atoms with Crippen molar-refractivity contribution in [2.75, 3.05) is 6.54 Å². The molecule has 0 aromatic rings. The summed E-state index contributed by atoms with van der Waals surface area (Å²) in [6.45, 7) is 3.74. The minimum atomic E-state index is 0.901. The molecule has 3 unspecified atom stereocenters. The predicted molar refractivity (Wildman–Crippen MR) is 68.4 cm³/mol. The molecule has 2 bridgehead atoms. The Morgan fingerprint density at radius 1 is 0.938 bits per heavy atom. The van der Waals surface area contributed by atoms with Crippen LogP contribution in [0.1, 0.15) is 58.3 Å². The van der Waals surface area contributed by atoms with Gasteiger partial charge in [0.2, 0.25) is 0 Å². The van der Waals surface area contributed by atoms with Crippen LogP contribution in [-0.2, 0) is 0 Å². The van der Waals surface area contributed by atoms with Crippen molar-refractivity contribution in [3.63, 3.8) is 0 Å². The second-order valence-corrected chi connectivity index (χ2v) is 6.82. The average molecular weight is 221 g/mol. The van der Waals surface area contributed by atoms with E-state index in [-0.39, 0.29) is 0 Å². The van der Waals surface area contributed by atoms with E-state index in [1.54, 1.807) is 6.42 Å². The Kier molecular flexibility index (Phi) is 3.24. The zero-order chi connectivity index (χ0) is 11.0. The highest BCUT2D eigenvalue weighted by Gasteiger charge is 2.39. The van der Waals surface area contributed by atoms with Gasteiger partial charge in [0, 0.05) is 6.04 Å². The van der Waals surface area contributed by atoms with Gasteiger partial charge < -0.3 is 5.32 Å². The SMILES string of the molecule is CC1CCC(CNC2CC3CCC2C3)CC1. The minimum absolute atomic E-state index is 0.901. The first kappa shape index (κ1) is 11.1. The van der Waals surface area contributed by atoms with Crippen LogP contribution >= 0.6 is 0 Å². The highest BCUT2D eigenvalue weighted by molar-refractivity contribution is 4.94. The van der Waals surface area contributed by atoms with Crippen LogP contribution in [0.25, 0.3) is 0 Å². The van der Waals surface area contributed by atoms with Crippen molar-refractivity contribution in [3.05, 3.63) is 0 Å². The van der Waals surface area contributed by atoms with Crippen LogP contribution in [0.4, 0.5) is 0 Å². The van der Waals surface area contributed by atoms with Crippen LogP contribution in [-0.4, -0.2) is 12.6 Å². The van der Waals surface area contributed by atoms with Gasteiger partial charge in [0.15, 0.2) is 0 Å². The summed E-state index contributed by atoms with van der Waals surface area (Å²) in [5, 5.41) is 3.90. The Labute approximate surface area is 100 Å². The molecule has 3 rings (SSSR count). The van der Waals surface area contributed by atoms with Gasteiger partial charge in [0.1, 0.15) is 0 Å². The van der Waals surface area contributed by atoms with Crippen LogP contribution in [0, 0.1) is 23.7 Å². The molecule has 3 saturated carbocycles. The second-order valence-electron chi connectivity index (χ2n) is 6.82. The van der Waals surface area contributed by atoms with E-state index in [4.69, 9.17) is 0 Å². The Hall–Kier alpha value is -0.0400. The third-order valence-corrected chi connectivity index (χ3v) is 5.54. The van der Waals surface area contributed by atoms with E-state index >= 15 is 0 Å². The van der Waals surface area contributed by atoms with Gasteiger partial charge in [0.25, 0.3) is 0 Å². The molecule has 3 aliphatic carbocycles. The summed E-state index contributed by atoms with van der Waals surface area (Å²) in [5.41, 5.74) is 0. The predicted octanol–water partition coefficient (Wildman–Crippen LogP) is 3.59. The number of fused-ring (bicyclic) bond motifs is 2. The molecule has 0 aromatic carbocycles. The fourth-order valence-electron chi connectivity index (χ4n) is 4.35. The maximum atomic E-state index is 3.90. The van der Waals surface area contributed by atoms with Crippen molar-refractivity contribution < 1.29 is 0 Å². The van der Waals surface area contributed by atoms with Gasteiger partial charge in [-0.25, -0.2) is 0 Å². The lowest BCUT2D eigenvalue weighted by molar-refractivity contribution is 0.257. The fourth-order valence-corrected chi connectivity index (χ4v) is 4.35. The zero-order valence-electron chi connectivity index (χ0n) is 10.8. The first-order valence-electron chi connectivity index (χ1n) is 7.54. The molecule has 92 valence electrons. The quantitative estimate of drug-likeness (QED) is 0.768. The first-order valence-corrected chi connectivity index (χ1v) is 7.54. The van der Waals surface area contributed by atoms with Crippen molar-refractivity contribution in [2.24, 2.45) is 23.7 Å². The maximum absolute atomic E-state index is 3.90. The third-order valence-electron chi connectivity index (χ3n) is 5.54. The molecule has 0 heterocycles. The lowest BCUT2D eigenvalue weighted by Gasteiger charge is -2.29. The van der Waals surface area contributed by atoms with Crippen molar-refractivity contribution in [2.45, 2.75) is 64.3 Å². The second kappa shape index (κ2) is 4.68. The van der Waals surface area contributed by atoms with Gasteiger partial charge in [-0.1, -0.05) is 26.2 Å². The van der Waals surface area contributed by atoms with E-state index in [0.717, 1.165) is 29.7 Å². The minimum Gasteiger partial charge on any atom is -0.313 e. The van der Waals surface area contributed by atoms with Gasteiger partial charge in [-0.3, -0.25) is 0 Å². The molecule has 1 heteroatoms. The van der Waals surface area contributed by atoms with E-state index in [2.05, 4.69) is 12.2 Å². The highest BCUT2D eigenvalue weighted by atomic mass is 14.9. The summed E-state index contributed by atoms with van der Waals surface area (Å²) >= 11 is 0. The van der Waals surface area contributed by atoms with E-state index in [1.807, 2.05) is 0 Å². The Morgan fingerprint density at radius 2 is 1.75 bits per heavy atom. The third kappa shape index (κ3) is 2.30. The normalized spacial score (nSPS) is 47.4. The van der Waals surface area contributed by atoms with Crippen LogP contribution in [0.15, 0.2) is 0 Å². The summed E-state index contributed by atoms with van der Waals surface area (Å²) in [7, 11) is 0. The van der Waals surface area contributed by atoms with Crippen LogP contribution in [0.5, 0.6) is 0 Å². The number of nitrogens with one attached hydrogen (secondary N) is 1. The molecule has 3 atom stereocenters. The van der Waals surface area contributed by atoms with Gasteiger partial charge in [0.05, 0.1) is 0 Å².